The Balaban J connectivity index is 2.06. The van der Waals surface area contributed by atoms with Crippen LogP contribution in [0.25, 0.3) is 0 Å². The van der Waals surface area contributed by atoms with Gasteiger partial charge in [-0.3, -0.25) is 0 Å². The van der Waals surface area contributed by atoms with E-state index in [1.807, 2.05) is 0 Å². The lowest BCUT2D eigenvalue weighted by Crippen LogP contribution is -2.48. The molecule has 0 amide bonds. The molecule has 0 bridgehead atoms. The van der Waals surface area contributed by atoms with Crippen LogP contribution in [0.2, 0.25) is 0 Å². The molecular weight excluding hydrogens is 162 g/mol. The molecular formula is C11H23NO. The molecule has 0 aromatic heterocycles. The lowest BCUT2D eigenvalue weighted by molar-refractivity contribution is -0.00393. The Labute approximate surface area is 82.0 Å². The zero-order valence-electron chi connectivity index (χ0n) is 9.39. The van der Waals surface area contributed by atoms with Crippen molar-refractivity contribution < 1.29 is 4.74 Å². The number of ether oxygens (including phenoxy) is 1. The molecule has 78 valence electrons. The molecule has 1 aliphatic heterocycles. The second-order valence-corrected chi connectivity index (χ2v) is 5.48. The Morgan fingerprint density at radius 3 is 2.38 bits per heavy atom. The van der Waals surface area contributed by atoms with Gasteiger partial charge in [0, 0.05) is 19.7 Å². The number of rotatable bonds is 4. The minimum absolute atomic E-state index is 0.431. The average molecular weight is 185 g/mol. The first-order valence-electron chi connectivity index (χ1n) is 5.30. The smallest absolute Gasteiger partial charge is 0.0823 e. The Kier molecular flexibility index (Phi) is 3.74. The monoisotopic (exact) mass is 185 g/mol. The summed E-state index contributed by atoms with van der Waals surface area (Å²) in [6, 6.07) is 0. The molecule has 1 fully saturated rings. The van der Waals surface area contributed by atoms with Crippen LogP contribution in [-0.2, 0) is 4.74 Å². The van der Waals surface area contributed by atoms with Gasteiger partial charge in [-0.25, -0.2) is 0 Å². The van der Waals surface area contributed by atoms with Gasteiger partial charge in [0.15, 0.2) is 0 Å². The van der Waals surface area contributed by atoms with E-state index in [1.54, 1.807) is 0 Å². The highest BCUT2D eigenvalue weighted by molar-refractivity contribution is 4.75. The first kappa shape index (κ1) is 11.0. The van der Waals surface area contributed by atoms with Gasteiger partial charge in [-0.05, 0) is 17.8 Å². The van der Waals surface area contributed by atoms with Gasteiger partial charge in [-0.2, -0.15) is 0 Å². The Morgan fingerprint density at radius 2 is 2.00 bits per heavy atom. The molecule has 1 saturated heterocycles. The quantitative estimate of drug-likeness (QED) is 0.723. The topological polar surface area (TPSA) is 21.3 Å². The van der Waals surface area contributed by atoms with E-state index < -0.39 is 0 Å². The van der Waals surface area contributed by atoms with Gasteiger partial charge in [0.2, 0.25) is 0 Å². The summed E-state index contributed by atoms with van der Waals surface area (Å²) >= 11 is 0. The average Bonchev–Trinajstić information content (AvgIpc) is 1.78. The van der Waals surface area contributed by atoms with E-state index in [0.717, 1.165) is 19.7 Å². The molecule has 1 unspecified atom stereocenters. The second kappa shape index (κ2) is 4.43. The van der Waals surface area contributed by atoms with Gasteiger partial charge in [-0.15, -0.1) is 0 Å². The van der Waals surface area contributed by atoms with Crippen LogP contribution in [0.15, 0.2) is 0 Å². The summed E-state index contributed by atoms with van der Waals surface area (Å²) in [5.74, 6) is 0.681. The van der Waals surface area contributed by atoms with Crippen molar-refractivity contribution in [3.63, 3.8) is 0 Å². The van der Waals surface area contributed by atoms with Crippen molar-refractivity contribution in [3.05, 3.63) is 0 Å². The van der Waals surface area contributed by atoms with Crippen LogP contribution >= 0.6 is 0 Å². The van der Waals surface area contributed by atoms with Crippen LogP contribution in [0.4, 0.5) is 0 Å². The van der Waals surface area contributed by atoms with E-state index in [-0.39, 0.29) is 0 Å². The molecule has 0 aromatic carbocycles. The summed E-state index contributed by atoms with van der Waals surface area (Å²) in [5, 5.41) is 3.21. The highest BCUT2D eigenvalue weighted by Gasteiger charge is 2.20. The van der Waals surface area contributed by atoms with Crippen LogP contribution in [0, 0.1) is 11.3 Å². The molecule has 0 spiro atoms. The molecule has 2 heteroatoms. The van der Waals surface area contributed by atoms with E-state index in [2.05, 4.69) is 33.0 Å². The van der Waals surface area contributed by atoms with Gasteiger partial charge in [0.05, 0.1) is 6.10 Å². The summed E-state index contributed by atoms with van der Waals surface area (Å²) in [5.41, 5.74) is 0.431. The summed E-state index contributed by atoms with van der Waals surface area (Å²) in [7, 11) is 0. The van der Waals surface area contributed by atoms with Crippen LogP contribution in [-0.4, -0.2) is 25.8 Å². The summed E-state index contributed by atoms with van der Waals surface area (Å²) < 4.78 is 5.72. The third-order valence-electron chi connectivity index (χ3n) is 2.32. The number of nitrogens with one attached hydrogen (secondary N) is 1. The van der Waals surface area contributed by atoms with Crippen LogP contribution < -0.4 is 5.32 Å². The van der Waals surface area contributed by atoms with Crippen molar-refractivity contribution in [3.8, 4) is 0 Å². The van der Waals surface area contributed by atoms with Gasteiger partial charge in [-0.1, -0.05) is 27.7 Å². The second-order valence-electron chi connectivity index (χ2n) is 5.48. The summed E-state index contributed by atoms with van der Waals surface area (Å²) in [6.45, 7) is 12.1. The van der Waals surface area contributed by atoms with Crippen molar-refractivity contribution in [2.45, 2.75) is 40.2 Å². The minimum atomic E-state index is 0.431. The van der Waals surface area contributed by atoms with Gasteiger partial charge < -0.3 is 10.1 Å². The highest BCUT2D eigenvalue weighted by Crippen LogP contribution is 2.24. The molecule has 1 rings (SSSR count). The maximum Gasteiger partial charge on any atom is 0.0823 e. The summed E-state index contributed by atoms with van der Waals surface area (Å²) in [6.07, 6.45) is 1.73. The lowest BCUT2D eigenvalue weighted by atomic mass is 9.86. The minimum Gasteiger partial charge on any atom is -0.375 e. The summed E-state index contributed by atoms with van der Waals surface area (Å²) in [4.78, 5) is 0. The van der Waals surface area contributed by atoms with E-state index in [1.165, 1.54) is 6.42 Å². The van der Waals surface area contributed by atoms with Crippen molar-refractivity contribution in [1.29, 1.82) is 0 Å². The molecule has 13 heavy (non-hydrogen) atoms. The highest BCUT2D eigenvalue weighted by atomic mass is 16.5. The van der Waals surface area contributed by atoms with Crippen LogP contribution in [0.5, 0.6) is 0 Å². The molecule has 2 nitrogen and oxygen atoms in total. The Hall–Kier alpha value is -0.0800. The van der Waals surface area contributed by atoms with E-state index in [0.29, 0.717) is 17.4 Å². The molecule has 0 radical (unpaired) electrons. The van der Waals surface area contributed by atoms with Crippen molar-refractivity contribution >= 4 is 0 Å². The zero-order chi connectivity index (χ0) is 9.90. The Morgan fingerprint density at radius 1 is 1.38 bits per heavy atom. The van der Waals surface area contributed by atoms with Crippen molar-refractivity contribution in [2.75, 3.05) is 19.7 Å². The molecule has 1 N–H and O–H groups in total. The standard InChI is InChI=1S/C11H23NO/c1-9(5-11(2,3)4)8-13-10-6-12-7-10/h9-10,12H,5-8H2,1-4H3. The van der Waals surface area contributed by atoms with E-state index >= 15 is 0 Å². The van der Waals surface area contributed by atoms with Crippen LogP contribution in [0.3, 0.4) is 0 Å². The first-order chi connectivity index (χ1) is 5.97. The van der Waals surface area contributed by atoms with Crippen LogP contribution in [0.1, 0.15) is 34.1 Å². The van der Waals surface area contributed by atoms with Crippen molar-refractivity contribution in [1.82, 2.24) is 5.32 Å². The predicted molar refractivity (Wildman–Crippen MR) is 55.8 cm³/mol. The maximum atomic E-state index is 5.72. The van der Waals surface area contributed by atoms with Gasteiger partial charge in [0.25, 0.3) is 0 Å². The molecule has 0 saturated carbocycles. The fraction of sp³-hybridized carbons (Fsp3) is 1.00. The van der Waals surface area contributed by atoms with E-state index in [4.69, 9.17) is 4.74 Å². The number of hydrogen-bond donors (Lipinski definition) is 1. The van der Waals surface area contributed by atoms with Crippen molar-refractivity contribution in [2.24, 2.45) is 11.3 Å². The maximum absolute atomic E-state index is 5.72. The fourth-order valence-corrected chi connectivity index (χ4v) is 1.78. The largest absolute Gasteiger partial charge is 0.375 e. The number of hydrogen-bond acceptors (Lipinski definition) is 2. The molecule has 0 aliphatic carbocycles. The van der Waals surface area contributed by atoms with Gasteiger partial charge in [0.1, 0.15) is 0 Å². The van der Waals surface area contributed by atoms with Gasteiger partial charge >= 0.3 is 0 Å². The zero-order valence-corrected chi connectivity index (χ0v) is 9.39. The fourth-order valence-electron chi connectivity index (χ4n) is 1.78. The third kappa shape index (κ3) is 4.63. The normalized spacial score (nSPS) is 21.2. The lowest BCUT2D eigenvalue weighted by Gasteiger charge is -2.30. The first-order valence-corrected chi connectivity index (χ1v) is 5.30. The third-order valence-corrected chi connectivity index (χ3v) is 2.32. The molecule has 1 aliphatic rings. The molecule has 0 aromatic rings. The predicted octanol–water partition coefficient (Wildman–Crippen LogP) is 2.05. The molecule has 1 atom stereocenters. The SMILES string of the molecule is CC(COC1CNC1)CC(C)(C)C. The van der Waals surface area contributed by atoms with E-state index in [9.17, 15) is 0 Å². The Bertz CT molecular complexity index is 147. The molecule has 1 heterocycles.